The molecule has 3 aromatic carbocycles. The van der Waals surface area contributed by atoms with E-state index in [1.54, 1.807) is 0 Å². The standard InChI is InChI=1S/C25H25N3.C2HF3O2/c1-4-15-28(16-5-1)18-19-11-13-20(14-12-19)21-7-6-8-22(17-21)25-26-23-9-2-3-10-24(23)27-25;3-2(4,5)1(6)7/h2-3,6-14,17H,1,4-5,15-16,18H2,(H,26,27);(H,6,7). The van der Waals surface area contributed by atoms with Crippen molar-refractivity contribution < 1.29 is 23.1 Å². The summed E-state index contributed by atoms with van der Waals surface area (Å²) in [4.78, 5) is 19.6. The highest BCUT2D eigenvalue weighted by atomic mass is 19.4. The fourth-order valence-electron chi connectivity index (χ4n) is 4.11. The van der Waals surface area contributed by atoms with Crippen LogP contribution in [0.25, 0.3) is 33.5 Å². The number of nitrogens with one attached hydrogen (secondary N) is 1. The first-order valence-electron chi connectivity index (χ1n) is 11.5. The predicted octanol–water partition coefficient (Wildman–Crippen LogP) is 6.52. The van der Waals surface area contributed by atoms with Crippen LogP contribution in [0.2, 0.25) is 0 Å². The van der Waals surface area contributed by atoms with Crippen LogP contribution in [0.5, 0.6) is 0 Å². The smallest absolute Gasteiger partial charge is 0.475 e. The Morgan fingerprint density at radius 3 is 2.20 bits per heavy atom. The van der Waals surface area contributed by atoms with Gasteiger partial charge in [-0.05, 0) is 60.8 Å². The Labute approximate surface area is 201 Å². The van der Waals surface area contributed by atoms with Gasteiger partial charge in [0.15, 0.2) is 0 Å². The Bertz CT molecular complexity index is 1240. The number of halogens is 3. The third kappa shape index (κ3) is 6.48. The summed E-state index contributed by atoms with van der Waals surface area (Å²) in [6.45, 7) is 3.54. The van der Waals surface area contributed by atoms with Crippen molar-refractivity contribution in [1.82, 2.24) is 14.9 Å². The Morgan fingerprint density at radius 2 is 1.54 bits per heavy atom. The van der Waals surface area contributed by atoms with E-state index in [-0.39, 0.29) is 0 Å². The number of aromatic nitrogens is 2. The van der Waals surface area contributed by atoms with Crippen LogP contribution in [0.15, 0.2) is 72.8 Å². The van der Waals surface area contributed by atoms with Gasteiger partial charge in [0.2, 0.25) is 0 Å². The number of para-hydroxylation sites is 2. The predicted molar refractivity (Wildman–Crippen MR) is 130 cm³/mol. The minimum atomic E-state index is -5.08. The number of aliphatic carboxylic acids is 1. The van der Waals surface area contributed by atoms with E-state index in [0.29, 0.717) is 0 Å². The molecule has 0 aliphatic carbocycles. The number of carbonyl (C=O) groups is 1. The van der Waals surface area contributed by atoms with E-state index in [1.165, 1.54) is 49.0 Å². The second kappa shape index (κ2) is 10.7. The van der Waals surface area contributed by atoms with E-state index in [9.17, 15) is 13.2 Å². The maximum absolute atomic E-state index is 10.6. The zero-order valence-electron chi connectivity index (χ0n) is 19.1. The van der Waals surface area contributed by atoms with E-state index in [2.05, 4.69) is 64.5 Å². The van der Waals surface area contributed by atoms with Gasteiger partial charge in [-0.25, -0.2) is 9.78 Å². The molecule has 0 spiro atoms. The molecule has 1 aromatic heterocycles. The molecule has 0 atom stereocenters. The van der Waals surface area contributed by atoms with Gasteiger partial charge in [0.1, 0.15) is 5.82 Å². The summed E-state index contributed by atoms with van der Waals surface area (Å²) in [6, 6.07) is 25.8. The number of carboxylic acids is 1. The SMILES string of the molecule is O=C(O)C(F)(F)F.c1cc(-c2ccc(CN3CCCCC3)cc2)cc(-c2nc3ccccc3[nH]2)c1. The van der Waals surface area contributed by atoms with Crippen LogP contribution in [0.3, 0.4) is 0 Å². The lowest BCUT2D eigenvalue weighted by Crippen LogP contribution is -2.28. The summed E-state index contributed by atoms with van der Waals surface area (Å²) in [5.74, 6) is -1.84. The van der Waals surface area contributed by atoms with Crippen molar-refractivity contribution in [2.75, 3.05) is 13.1 Å². The van der Waals surface area contributed by atoms with Gasteiger partial charge in [-0.2, -0.15) is 13.2 Å². The average molecular weight is 482 g/mol. The van der Waals surface area contributed by atoms with Crippen LogP contribution < -0.4 is 0 Å². The van der Waals surface area contributed by atoms with Crippen LogP contribution in [0, 0.1) is 0 Å². The zero-order chi connectivity index (χ0) is 24.8. The molecule has 182 valence electrons. The fourth-order valence-corrected chi connectivity index (χ4v) is 4.11. The Balaban J connectivity index is 0.000000364. The Hall–Kier alpha value is -3.65. The molecule has 1 aliphatic heterocycles. The third-order valence-electron chi connectivity index (χ3n) is 5.91. The molecule has 0 unspecified atom stereocenters. The van der Waals surface area contributed by atoms with E-state index >= 15 is 0 Å². The minimum absolute atomic E-state index is 0.921. The maximum Gasteiger partial charge on any atom is 0.490 e. The number of hydrogen-bond acceptors (Lipinski definition) is 3. The Morgan fingerprint density at radius 1 is 0.886 bits per heavy atom. The summed E-state index contributed by atoms with van der Waals surface area (Å²) in [6.07, 6.45) is -1.02. The second-order valence-electron chi connectivity index (χ2n) is 8.52. The highest BCUT2D eigenvalue weighted by Gasteiger charge is 2.38. The van der Waals surface area contributed by atoms with Crippen molar-refractivity contribution in [2.24, 2.45) is 0 Å². The lowest BCUT2D eigenvalue weighted by atomic mass is 10.0. The number of H-pyrrole nitrogens is 1. The first kappa shape index (κ1) is 24.5. The van der Waals surface area contributed by atoms with Crippen molar-refractivity contribution in [3.63, 3.8) is 0 Å². The normalized spacial score (nSPS) is 14.4. The number of rotatable bonds is 4. The number of piperidine rings is 1. The molecule has 8 heteroatoms. The highest BCUT2D eigenvalue weighted by Crippen LogP contribution is 2.27. The average Bonchev–Trinajstić information content (AvgIpc) is 3.30. The van der Waals surface area contributed by atoms with Gasteiger partial charge in [-0.15, -0.1) is 0 Å². The molecule has 5 rings (SSSR count). The monoisotopic (exact) mass is 481 g/mol. The van der Waals surface area contributed by atoms with Crippen molar-refractivity contribution >= 4 is 17.0 Å². The van der Waals surface area contributed by atoms with Crippen molar-refractivity contribution in [2.45, 2.75) is 32.0 Å². The summed E-state index contributed by atoms with van der Waals surface area (Å²) < 4.78 is 31.7. The van der Waals surface area contributed by atoms with E-state index in [4.69, 9.17) is 14.9 Å². The Kier molecular flexibility index (Phi) is 7.51. The number of imidazole rings is 1. The lowest BCUT2D eigenvalue weighted by molar-refractivity contribution is -0.192. The van der Waals surface area contributed by atoms with Gasteiger partial charge in [-0.3, -0.25) is 4.90 Å². The molecule has 1 fully saturated rings. The number of carboxylic acid groups (broad SMARTS) is 1. The van der Waals surface area contributed by atoms with E-state index in [1.807, 2.05) is 18.2 Å². The summed E-state index contributed by atoms with van der Waals surface area (Å²) >= 11 is 0. The van der Waals surface area contributed by atoms with E-state index in [0.717, 1.165) is 29.0 Å². The summed E-state index contributed by atoms with van der Waals surface area (Å²) in [5, 5.41) is 7.12. The van der Waals surface area contributed by atoms with Crippen LogP contribution in [0.1, 0.15) is 24.8 Å². The molecule has 1 aliphatic rings. The van der Waals surface area contributed by atoms with Crippen molar-refractivity contribution in [3.8, 4) is 22.5 Å². The topological polar surface area (TPSA) is 69.2 Å². The largest absolute Gasteiger partial charge is 0.490 e. The van der Waals surface area contributed by atoms with Crippen LogP contribution >= 0.6 is 0 Å². The van der Waals surface area contributed by atoms with Crippen molar-refractivity contribution in [1.29, 1.82) is 0 Å². The number of benzene rings is 3. The molecule has 4 aromatic rings. The minimum Gasteiger partial charge on any atom is -0.475 e. The van der Waals surface area contributed by atoms with Crippen LogP contribution in [0.4, 0.5) is 13.2 Å². The molecule has 0 amide bonds. The zero-order valence-corrected chi connectivity index (χ0v) is 19.1. The maximum atomic E-state index is 10.6. The summed E-state index contributed by atoms with van der Waals surface area (Å²) in [5.41, 5.74) is 7.07. The molecule has 2 heterocycles. The molecular formula is C27H26F3N3O2. The first-order chi connectivity index (χ1) is 16.8. The number of likely N-dealkylation sites (tertiary alicyclic amines) is 1. The number of aromatic amines is 1. The van der Waals surface area contributed by atoms with Gasteiger partial charge in [-0.1, -0.05) is 61.0 Å². The molecule has 35 heavy (non-hydrogen) atoms. The molecule has 0 bridgehead atoms. The molecule has 0 saturated carbocycles. The fraction of sp³-hybridized carbons (Fsp3) is 0.259. The van der Waals surface area contributed by atoms with Crippen molar-refractivity contribution in [3.05, 3.63) is 78.4 Å². The molecular weight excluding hydrogens is 455 g/mol. The molecule has 2 N–H and O–H groups in total. The number of nitrogens with zero attached hydrogens (tertiary/aromatic N) is 2. The van der Waals surface area contributed by atoms with Crippen LogP contribution in [-0.4, -0.2) is 45.2 Å². The number of alkyl halides is 3. The molecule has 5 nitrogen and oxygen atoms in total. The van der Waals surface area contributed by atoms with Gasteiger partial charge >= 0.3 is 12.1 Å². The lowest BCUT2D eigenvalue weighted by Gasteiger charge is -2.26. The number of hydrogen-bond donors (Lipinski definition) is 2. The van der Waals surface area contributed by atoms with Gasteiger partial charge in [0, 0.05) is 12.1 Å². The molecule has 0 radical (unpaired) electrons. The second-order valence-corrected chi connectivity index (χ2v) is 8.52. The van der Waals surface area contributed by atoms with Gasteiger partial charge in [0.05, 0.1) is 11.0 Å². The quantitative estimate of drug-likeness (QED) is 0.348. The number of fused-ring (bicyclic) bond motifs is 1. The van der Waals surface area contributed by atoms with Gasteiger partial charge < -0.3 is 10.1 Å². The summed E-state index contributed by atoms with van der Waals surface area (Å²) in [7, 11) is 0. The van der Waals surface area contributed by atoms with Gasteiger partial charge in [0.25, 0.3) is 0 Å². The molecule has 1 saturated heterocycles. The first-order valence-corrected chi connectivity index (χ1v) is 11.5. The third-order valence-corrected chi connectivity index (χ3v) is 5.91. The highest BCUT2D eigenvalue weighted by molar-refractivity contribution is 5.80. The van der Waals surface area contributed by atoms with Crippen LogP contribution in [-0.2, 0) is 11.3 Å². The van der Waals surface area contributed by atoms with E-state index < -0.39 is 12.1 Å².